The Morgan fingerprint density at radius 1 is 1.19 bits per heavy atom. The van der Waals surface area contributed by atoms with E-state index in [0.717, 1.165) is 22.2 Å². The first-order valence-corrected chi connectivity index (χ1v) is 8.14. The number of rotatable bonds is 3. The highest BCUT2D eigenvalue weighted by Gasteiger charge is 2.11. The van der Waals surface area contributed by atoms with Crippen molar-refractivity contribution in [2.45, 2.75) is 0 Å². The number of ether oxygens (including phenoxy) is 1. The van der Waals surface area contributed by atoms with Crippen molar-refractivity contribution in [1.82, 2.24) is 20.0 Å². The molecule has 0 saturated heterocycles. The van der Waals surface area contributed by atoms with Gasteiger partial charge in [-0.1, -0.05) is 28.9 Å². The minimum Gasteiger partial charge on any atom is -0.497 e. The maximum Gasteiger partial charge on any atom is 0.145 e. The Morgan fingerprint density at radius 3 is 2.85 bits per heavy atom. The lowest BCUT2D eigenvalue weighted by molar-refractivity contribution is 0.415. The lowest BCUT2D eigenvalue weighted by Gasteiger charge is -2.06. The van der Waals surface area contributed by atoms with Crippen LogP contribution in [0.2, 0.25) is 5.15 Å². The molecule has 7 heteroatoms. The number of aromatic nitrogens is 4. The summed E-state index contributed by atoms with van der Waals surface area (Å²) in [7, 11) is 1.61. The summed E-state index contributed by atoms with van der Waals surface area (Å²) in [6, 6.07) is 17.0. The summed E-state index contributed by atoms with van der Waals surface area (Å²) < 4.78 is 6.74. The summed E-state index contributed by atoms with van der Waals surface area (Å²) in [5, 5.41) is 18.9. The van der Waals surface area contributed by atoms with E-state index >= 15 is 0 Å². The maximum atomic E-state index is 9.61. The first kappa shape index (κ1) is 16.1. The summed E-state index contributed by atoms with van der Waals surface area (Å²) in [6.45, 7) is 0. The van der Waals surface area contributed by atoms with Crippen LogP contribution in [0, 0.1) is 11.3 Å². The molecule has 0 amide bonds. The number of nitriles is 1. The van der Waals surface area contributed by atoms with Crippen molar-refractivity contribution < 1.29 is 4.74 Å². The molecule has 0 radical (unpaired) electrons. The minimum atomic E-state index is 0.296. The van der Waals surface area contributed by atoms with Gasteiger partial charge in [0.2, 0.25) is 0 Å². The van der Waals surface area contributed by atoms with Crippen LogP contribution in [-0.4, -0.2) is 27.1 Å². The van der Waals surface area contributed by atoms with Crippen molar-refractivity contribution in [3.63, 3.8) is 0 Å². The molecule has 0 aliphatic rings. The molecule has 0 fully saturated rings. The highest BCUT2D eigenvalue weighted by molar-refractivity contribution is 6.31. The minimum absolute atomic E-state index is 0.296. The molecule has 4 rings (SSSR count). The molecular weight excluding hydrogens is 350 g/mol. The molecule has 2 aromatic heterocycles. The van der Waals surface area contributed by atoms with Crippen LogP contribution in [0.4, 0.5) is 0 Å². The number of nitrogens with zero attached hydrogens (tertiary/aromatic N) is 5. The van der Waals surface area contributed by atoms with Crippen molar-refractivity contribution in [2.75, 3.05) is 7.11 Å². The highest BCUT2D eigenvalue weighted by Crippen LogP contribution is 2.27. The van der Waals surface area contributed by atoms with Crippen molar-refractivity contribution in [2.24, 2.45) is 0 Å². The van der Waals surface area contributed by atoms with E-state index in [0.29, 0.717) is 21.9 Å². The van der Waals surface area contributed by atoms with Gasteiger partial charge >= 0.3 is 0 Å². The first-order chi connectivity index (χ1) is 12.7. The van der Waals surface area contributed by atoms with Gasteiger partial charge in [0.05, 0.1) is 18.1 Å². The van der Waals surface area contributed by atoms with E-state index in [9.17, 15) is 5.26 Å². The number of methoxy groups -OCH3 is 1. The monoisotopic (exact) mass is 361 g/mol. The van der Waals surface area contributed by atoms with E-state index < -0.39 is 0 Å². The van der Waals surface area contributed by atoms with Gasteiger partial charge in [0.25, 0.3) is 0 Å². The molecule has 0 aliphatic carbocycles. The Morgan fingerprint density at radius 2 is 2.04 bits per heavy atom. The Hall–Kier alpha value is -3.43. The second-order valence-electron chi connectivity index (χ2n) is 5.56. The fraction of sp³-hybridized carbons (Fsp3) is 0.0526. The van der Waals surface area contributed by atoms with Crippen molar-refractivity contribution in [1.29, 1.82) is 5.26 Å². The van der Waals surface area contributed by atoms with Gasteiger partial charge in [-0.3, -0.25) is 0 Å². The Bertz CT molecular complexity index is 1210. The predicted octanol–water partition coefficient (Wildman–Crippen LogP) is 4.16. The molecule has 2 aromatic carbocycles. The van der Waals surface area contributed by atoms with Gasteiger partial charge in [0.15, 0.2) is 0 Å². The molecule has 0 N–H and O–H groups in total. The van der Waals surface area contributed by atoms with Crippen LogP contribution >= 0.6 is 11.6 Å². The summed E-state index contributed by atoms with van der Waals surface area (Å²) in [4.78, 5) is 4.39. The van der Waals surface area contributed by atoms with Gasteiger partial charge in [-0.25, -0.2) is 9.67 Å². The number of fused-ring (bicyclic) bond motifs is 2. The maximum absolute atomic E-state index is 9.61. The molecule has 0 unspecified atom stereocenters. The lowest BCUT2D eigenvalue weighted by Crippen LogP contribution is -1.98. The number of pyridine rings is 1. The number of benzene rings is 2. The molecule has 0 atom stereocenters. The van der Waals surface area contributed by atoms with E-state index in [1.807, 2.05) is 48.5 Å². The summed E-state index contributed by atoms with van der Waals surface area (Å²) >= 11 is 6.32. The smallest absolute Gasteiger partial charge is 0.145 e. The molecule has 0 spiro atoms. The quantitative estimate of drug-likeness (QED) is 0.404. The van der Waals surface area contributed by atoms with E-state index in [-0.39, 0.29) is 0 Å². The summed E-state index contributed by atoms with van der Waals surface area (Å²) in [5.74, 6) is 0.722. The average molecular weight is 362 g/mol. The molecule has 126 valence electrons. The van der Waals surface area contributed by atoms with Gasteiger partial charge in [-0.05, 0) is 42.5 Å². The molecule has 0 saturated carbocycles. The molecule has 2 heterocycles. The Labute approximate surface area is 153 Å². The third kappa shape index (κ3) is 2.75. The van der Waals surface area contributed by atoms with Crippen LogP contribution in [0.5, 0.6) is 5.75 Å². The fourth-order valence-corrected chi connectivity index (χ4v) is 2.91. The molecule has 4 aromatic rings. The highest BCUT2D eigenvalue weighted by atomic mass is 35.5. The van der Waals surface area contributed by atoms with Gasteiger partial charge < -0.3 is 4.74 Å². The molecule has 0 aliphatic heterocycles. The molecule has 26 heavy (non-hydrogen) atoms. The van der Waals surface area contributed by atoms with Crippen molar-refractivity contribution in [3.8, 4) is 11.8 Å². The standard InChI is InChI=1S/C19H12ClN5O/c1-26-15-6-7-16-12(10-15)8-13(19(20)22-16)9-14(11-21)25-18-5-3-2-4-17(18)23-24-25/h2-10H,1H3/b14-9-. The molecule has 6 nitrogen and oxygen atoms in total. The largest absolute Gasteiger partial charge is 0.497 e. The van der Waals surface area contributed by atoms with Crippen LogP contribution < -0.4 is 4.74 Å². The molecule has 0 bridgehead atoms. The van der Waals surface area contributed by atoms with Crippen molar-refractivity contribution >= 4 is 45.3 Å². The zero-order valence-corrected chi connectivity index (χ0v) is 14.5. The molecular formula is C19H12ClN5O. The predicted molar refractivity (Wildman–Crippen MR) is 101 cm³/mol. The van der Waals surface area contributed by atoms with Gasteiger partial charge in [0.1, 0.15) is 28.2 Å². The van der Waals surface area contributed by atoms with Crippen LogP contribution in [0.1, 0.15) is 5.56 Å². The van der Waals surface area contributed by atoms with Crippen LogP contribution in [0.3, 0.4) is 0 Å². The first-order valence-electron chi connectivity index (χ1n) is 7.76. The van der Waals surface area contributed by atoms with Crippen molar-refractivity contribution in [3.05, 3.63) is 59.2 Å². The topological polar surface area (TPSA) is 76.6 Å². The normalized spacial score (nSPS) is 11.7. The van der Waals surface area contributed by atoms with E-state index in [4.69, 9.17) is 16.3 Å². The van der Waals surface area contributed by atoms with Crippen LogP contribution in [-0.2, 0) is 0 Å². The van der Waals surface area contributed by atoms with Gasteiger partial charge in [-0.2, -0.15) is 5.26 Å². The van der Waals surface area contributed by atoms with E-state index in [1.165, 1.54) is 4.68 Å². The fourth-order valence-electron chi connectivity index (χ4n) is 2.71. The Kier molecular flexibility index (Phi) is 3.99. The summed E-state index contributed by atoms with van der Waals surface area (Å²) in [5.41, 5.74) is 3.11. The van der Waals surface area contributed by atoms with E-state index in [2.05, 4.69) is 21.4 Å². The van der Waals surface area contributed by atoms with Gasteiger partial charge in [0, 0.05) is 10.9 Å². The second kappa shape index (κ2) is 6.47. The zero-order chi connectivity index (χ0) is 18.1. The number of hydrogen-bond acceptors (Lipinski definition) is 5. The zero-order valence-electron chi connectivity index (χ0n) is 13.7. The van der Waals surface area contributed by atoms with Crippen LogP contribution in [0.25, 0.3) is 33.7 Å². The second-order valence-corrected chi connectivity index (χ2v) is 5.92. The third-order valence-corrected chi connectivity index (χ3v) is 4.29. The number of para-hydroxylation sites is 1. The Balaban J connectivity index is 1.87. The third-order valence-electron chi connectivity index (χ3n) is 3.99. The van der Waals surface area contributed by atoms with Gasteiger partial charge in [-0.15, -0.1) is 5.10 Å². The number of hydrogen-bond donors (Lipinski definition) is 0. The van der Waals surface area contributed by atoms with Crippen LogP contribution in [0.15, 0.2) is 48.5 Å². The summed E-state index contributed by atoms with van der Waals surface area (Å²) in [6.07, 6.45) is 1.65. The SMILES string of the molecule is COc1ccc2nc(Cl)c(/C=C(/C#N)n3nnc4ccccc43)cc2c1. The number of halogens is 1. The van der Waals surface area contributed by atoms with E-state index in [1.54, 1.807) is 13.2 Å². The number of allylic oxidation sites excluding steroid dienone is 1. The average Bonchev–Trinajstić information content (AvgIpc) is 3.10. The lowest BCUT2D eigenvalue weighted by atomic mass is 10.1.